The van der Waals surface area contributed by atoms with Gasteiger partial charge in [-0.1, -0.05) is 12.8 Å². The summed E-state index contributed by atoms with van der Waals surface area (Å²) in [5.41, 5.74) is 0. The molecule has 2 fully saturated rings. The van der Waals surface area contributed by atoms with Crippen molar-refractivity contribution in [2.75, 3.05) is 13.6 Å². The molecule has 1 aliphatic heterocycles. The Morgan fingerprint density at radius 3 is 2.67 bits per heavy atom. The summed E-state index contributed by atoms with van der Waals surface area (Å²) in [4.78, 5) is 2.47. The molecule has 0 bridgehead atoms. The van der Waals surface area contributed by atoms with Crippen molar-refractivity contribution in [1.29, 1.82) is 0 Å². The molecule has 0 aromatic carbocycles. The molecule has 1 N–H and O–H groups in total. The van der Waals surface area contributed by atoms with Crippen LogP contribution < -0.4 is 5.32 Å². The molecule has 0 amide bonds. The molecule has 88 valence electrons. The van der Waals surface area contributed by atoms with Gasteiger partial charge in [-0.25, -0.2) is 0 Å². The Hall–Kier alpha value is -0.0800. The number of fused-ring (bicyclic) bond motifs is 1. The van der Waals surface area contributed by atoms with Crippen molar-refractivity contribution < 1.29 is 0 Å². The van der Waals surface area contributed by atoms with Crippen molar-refractivity contribution in [2.45, 2.75) is 64.1 Å². The lowest BCUT2D eigenvalue weighted by Gasteiger charge is -2.25. The predicted octanol–water partition coefficient (Wildman–Crippen LogP) is 2.25. The van der Waals surface area contributed by atoms with Crippen LogP contribution in [0.4, 0.5) is 0 Å². The van der Waals surface area contributed by atoms with Crippen molar-refractivity contribution in [1.82, 2.24) is 10.2 Å². The number of hydrogen-bond donors (Lipinski definition) is 1. The van der Waals surface area contributed by atoms with E-state index in [1.165, 1.54) is 38.6 Å². The molecule has 2 aliphatic rings. The van der Waals surface area contributed by atoms with E-state index in [1.807, 2.05) is 0 Å². The minimum absolute atomic E-state index is 0.675. The van der Waals surface area contributed by atoms with Crippen molar-refractivity contribution in [3.8, 4) is 0 Å². The third-order valence-corrected chi connectivity index (χ3v) is 4.34. The van der Waals surface area contributed by atoms with Gasteiger partial charge in [0.25, 0.3) is 0 Å². The third kappa shape index (κ3) is 2.73. The molecule has 1 heterocycles. The minimum Gasteiger partial charge on any atom is -0.310 e. The van der Waals surface area contributed by atoms with Crippen LogP contribution in [0.5, 0.6) is 0 Å². The van der Waals surface area contributed by atoms with Crippen molar-refractivity contribution in [3.63, 3.8) is 0 Å². The molecular weight excluding hydrogens is 184 g/mol. The van der Waals surface area contributed by atoms with Gasteiger partial charge in [0.2, 0.25) is 0 Å². The standard InChI is InChI=1S/C13H26N2/c1-10(2)15(3)9-12-8-11-6-4-5-7-13(11)14-12/h10-14H,4-9H2,1-3H3. The molecule has 0 aromatic rings. The molecule has 2 heteroatoms. The Morgan fingerprint density at radius 2 is 2.00 bits per heavy atom. The molecule has 1 saturated carbocycles. The van der Waals surface area contributed by atoms with Gasteiger partial charge in [-0.2, -0.15) is 0 Å². The molecule has 3 atom stereocenters. The van der Waals surface area contributed by atoms with Crippen molar-refractivity contribution >= 4 is 0 Å². The highest BCUT2D eigenvalue weighted by atomic mass is 15.2. The second-order valence-corrected chi connectivity index (χ2v) is 5.78. The highest BCUT2D eigenvalue weighted by Crippen LogP contribution is 2.33. The van der Waals surface area contributed by atoms with Crippen LogP contribution in [-0.4, -0.2) is 36.6 Å². The fourth-order valence-electron chi connectivity index (χ4n) is 3.13. The monoisotopic (exact) mass is 210 g/mol. The summed E-state index contributed by atoms with van der Waals surface area (Å²) in [5.74, 6) is 0.990. The summed E-state index contributed by atoms with van der Waals surface area (Å²) >= 11 is 0. The lowest BCUT2D eigenvalue weighted by molar-refractivity contribution is 0.246. The van der Waals surface area contributed by atoms with E-state index in [9.17, 15) is 0 Å². The second kappa shape index (κ2) is 4.84. The molecule has 3 unspecified atom stereocenters. The van der Waals surface area contributed by atoms with E-state index in [1.54, 1.807) is 0 Å². The third-order valence-electron chi connectivity index (χ3n) is 4.34. The van der Waals surface area contributed by atoms with E-state index >= 15 is 0 Å². The molecular formula is C13H26N2. The van der Waals surface area contributed by atoms with E-state index in [0.717, 1.165) is 18.0 Å². The van der Waals surface area contributed by atoms with Gasteiger partial charge in [-0.15, -0.1) is 0 Å². The molecule has 1 aliphatic carbocycles. The second-order valence-electron chi connectivity index (χ2n) is 5.78. The first-order valence-corrected chi connectivity index (χ1v) is 6.63. The zero-order valence-corrected chi connectivity index (χ0v) is 10.5. The first-order valence-electron chi connectivity index (χ1n) is 6.63. The summed E-state index contributed by atoms with van der Waals surface area (Å²) in [6.45, 7) is 5.79. The van der Waals surface area contributed by atoms with E-state index in [4.69, 9.17) is 0 Å². The predicted molar refractivity (Wildman–Crippen MR) is 65.1 cm³/mol. The highest BCUT2D eigenvalue weighted by Gasteiger charge is 2.35. The van der Waals surface area contributed by atoms with E-state index in [0.29, 0.717) is 6.04 Å². The maximum absolute atomic E-state index is 3.84. The zero-order chi connectivity index (χ0) is 10.8. The van der Waals surface area contributed by atoms with Crippen LogP contribution in [0, 0.1) is 5.92 Å². The van der Waals surface area contributed by atoms with Crippen LogP contribution in [0.1, 0.15) is 46.0 Å². The van der Waals surface area contributed by atoms with Gasteiger partial charge in [0.15, 0.2) is 0 Å². The Morgan fingerprint density at radius 1 is 1.27 bits per heavy atom. The smallest absolute Gasteiger partial charge is 0.0200 e. The Bertz CT molecular complexity index is 189. The first-order chi connectivity index (χ1) is 7.16. The van der Waals surface area contributed by atoms with Crippen LogP contribution in [0.25, 0.3) is 0 Å². The first kappa shape index (κ1) is 11.4. The number of nitrogens with zero attached hydrogens (tertiary/aromatic N) is 1. The Kier molecular flexibility index (Phi) is 3.68. The van der Waals surface area contributed by atoms with Crippen LogP contribution in [0.2, 0.25) is 0 Å². The molecule has 0 spiro atoms. The van der Waals surface area contributed by atoms with Gasteiger partial charge in [0.05, 0.1) is 0 Å². The fourth-order valence-corrected chi connectivity index (χ4v) is 3.13. The van der Waals surface area contributed by atoms with Gasteiger partial charge in [0.1, 0.15) is 0 Å². The highest BCUT2D eigenvalue weighted by molar-refractivity contribution is 4.93. The largest absolute Gasteiger partial charge is 0.310 e. The average molecular weight is 210 g/mol. The van der Waals surface area contributed by atoms with Gasteiger partial charge in [0, 0.05) is 24.7 Å². The Balaban J connectivity index is 1.81. The summed E-state index contributed by atoms with van der Waals surface area (Å²) < 4.78 is 0. The van der Waals surface area contributed by atoms with Crippen LogP contribution in [-0.2, 0) is 0 Å². The maximum atomic E-state index is 3.84. The van der Waals surface area contributed by atoms with Crippen molar-refractivity contribution in [3.05, 3.63) is 0 Å². The summed E-state index contributed by atoms with van der Waals surface area (Å²) in [5, 5.41) is 3.84. The number of rotatable bonds is 3. The minimum atomic E-state index is 0.675. The number of hydrogen-bond acceptors (Lipinski definition) is 2. The average Bonchev–Trinajstić information content (AvgIpc) is 2.59. The summed E-state index contributed by atoms with van der Waals surface area (Å²) in [6, 6.07) is 2.28. The maximum Gasteiger partial charge on any atom is 0.0200 e. The van der Waals surface area contributed by atoms with E-state index in [-0.39, 0.29) is 0 Å². The van der Waals surface area contributed by atoms with Gasteiger partial charge in [-0.05, 0) is 46.1 Å². The van der Waals surface area contributed by atoms with Crippen molar-refractivity contribution in [2.24, 2.45) is 5.92 Å². The van der Waals surface area contributed by atoms with Crippen LogP contribution >= 0.6 is 0 Å². The van der Waals surface area contributed by atoms with Crippen LogP contribution in [0.15, 0.2) is 0 Å². The van der Waals surface area contributed by atoms with Gasteiger partial charge in [-0.3, -0.25) is 0 Å². The normalized spacial score (nSPS) is 36.2. The molecule has 1 saturated heterocycles. The number of nitrogens with one attached hydrogen (secondary N) is 1. The quantitative estimate of drug-likeness (QED) is 0.768. The molecule has 2 rings (SSSR count). The van der Waals surface area contributed by atoms with E-state index in [2.05, 4.69) is 31.1 Å². The molecule has 0 radical (unpaired) electrons. The number of likely N-dealkylation sites (N-methyl/N-ethyl adjacent to an activating group) is 1. The SMILES string of the molecule is CC(C)N(C)CC1CC2CCCCC2N1. The van der Waals surface area contributed by atoms with Gasteiger partial charge >= 0.3 is 0 Å². The Labute approximate surface area is 94.4 Å². The lowest BCUT2D eigenvalue weighted by atomic mass is 9.85. The van der Waals surface area contributed by atoms with Crippen LogP contribution in [0.3, 0.4) is 0 Å². The lowest BCUT2D eigenvalue weighted by Crippen LogP contribution is -2.41. The summed E-state index contributed by atoms with van der Waals surface area (Å²) in [7, 11) is 2.24. The summed E-state index contributed by atoms with van der Waals surface area (Å²) in [6.07, 6.45) is 7.23. The molecule has 15 heavy (non-hydrogen) atoms. The molecule has 0 aromatic heterocycles. The fraction of sp³-hybridized carbons (Fsp3) is 1.00. The van der Waals surface area contributed by atoms with Gasteiger partial charge < -0.3 is 10.2 Å². The zero-order valence-electron chi connectivity index (χ0n) is 10.5. The van der Waals surface area contributed by atoms with E-state index < -0.39 is 0 Å². The molecule has 2 nitrogen and oxygen atoms in total. The topological polar surface area (TPSA) is 15.3 Å².